The lowest BCUT2D eigenvalue weighted by molar-refractivity contribution is -0.139. The lowest BCUT2D eigenvalue weighted by Crippen LogP contribution is -2.55. The second-order valence-corrected chi connectivity index (χ2v) is 5.97. The quantitative estimate of drug-likeness (QED) is 0.741. The number of carbonyl (C=O) groups is 2. The van der Waals surface area contributed by atoms with Gasteiger partial charge in [-0.1, -0.05) is 18.5 Å². The highest BCUT2D eigenvalue weighted by molar-refractivity contribution is 6.30. The molecule has 0 aromatic heterocycles. The molecule has 0 bridgehead atoms. The van der Waals surface area contributed by atoms with Crippen molar-refractivity contribution in [2.45, 2.75) is 31.8 Å². The number of carboxylic acids is 1. The van der Waals surface area contributed by atoms with Crippen molar-refractivity contribution in [2.24, 2.45) is 0 Å². The fourth-order valence-corrected chi connectivity index (χ4v) is 2.88. The first-order valence-electron chi connectivity index (χ1n) is 7.36. The normalized spacial score (nSPS) is 20.0. The zero-order chi connectivity index (χ0) is 17.0. The molecule has 1 aromatic carbocycles. The van der Waals surface area contributed by atoms with Crippen molar-refractivity contribution in [1.82, 2.24) is 10.2 Å². The minimum absolute atomic E-state index is 0.00186. The summed E-state index contributed by atoms with van der Waals surface area (Å²) in [7, 11) is 0. The molecule has 23 heavy (non-hydrogen) atoms. The first-order valence-corrected chi connectivity index (χ1v) is 7.74. The zero-order valence-corrected chi connectivity index (χ0v) is 13.4. The van der Waals surface area contributed by atoms with Gasteiger partial charge in [0, 0.05) is 22.8 Å². The van der Waals surface area contributed by atoms with Crippen LogP contribution in [0, 0.1) is 5.82 Å². The van der Waals surface area contributed by atoms with Gasteiger partial charge in [0.25, 0.3) is 0 Å². The summed E-state index contributed by atoms with van der Waals surface area (Å²) in [5.74, 6) is -1.38. The number of nitrogens with one attached hydrogen (secondary N) is 2. The van der Waals surface area contributed by atoms with E-state index in [0.29, 0.717) is 19.4 Å². The lowest BCUT2D eigenvalue weighted by Gasteiger charge is -2.42. The summed E-state index contributed by atoms with van der Waals surface area (Å²) in [5, 5.41) is 14.4. The molecule has 0 heterocycles. The van der Waals surface area contributed by atoms with Crippen LogP contribution >= 0.6 is 11.6 Å². The van der Waals surface area contributed by atoms with Gasteiger partial charge < -0.3 is 15.7 Å². The smallest absolute Gasteiger partial charge is 0.319 e. The second kappa shape index (κ2) is 7.61. The van der Waals surface area contributed by atoms with Gasteiger partial charge in [0.15, 0.2) is 0 Å². The van der Waals surface area contributed by atoms with Crippen molar-refractivity contribution in [2.75, 3.05) is 18.4 Å². The number of rotatable bonds is 6. The maximum Gasteiger partial charge on any atom is 0.319 e. The molecule has 0 atom stereocenters. The van der Waals surface area contributed by atoms with E-state index in [-0.39, 0.29) is 29.3 Å². The largest absolute Gasteiger partial charge is 0.480 e. The molecule has 0 radical (unpaired) electrons. The molecule has 3 N–H and O–H groups in total. The van der Waals surface area contributed by atoms with Gasteiger partial charge in [0.05, 0.1) is 6.54 Å². The molecule has 1 aliphatic rings. The first kappa shape index (κ1) is 17.5. The van der Waals surface area contributed by atoms with E-state index in [2.05, 4.69) is 10.6 Å². The monoisotopic (exact) mass is 343 g/mol. The summed E-state index contributed by atoms with van der Waals surface area (Å²) in [6.07, 6.45) is 1.39. The van der Waals surface area contributed by atoms with Crippen LogP contribution in [0.3, 0.4) is 0 Å². The third-order valence-corrected chi connectivity index (χ3v) is 4.05. The van der Waals surface area contributed by atoms with Gasteiger partial charge >= 0.3 is 12.0 Å². The second-order valence-electron chi connectivity index (χ2n) is 5.54. The molecule has 1 aliphatic carbocycles. The van der Waals surface area contributed by atoms with E-state index in [4.69, 9.17) is 16.7 Å². The molecule has 2 rings (SSSR count). The Labute approximate surface area is 138 Å². The van der Waals surface area contributed by atoms with E-state index >= 15 is 0 Å². The molecule has 0 unspecified atom stereocenters. The third-order valence-electron chi connectivity index (χ3n) is 3.83. The van der Waals surface area contributed by atoms with Crippen molar-refractivity contribution in [3.8, 4) is 0 Å². The number of nitrogens with zero attached hydrogens (tertiary/aromatic N) is 1. The van der Waals surface area contributed by atoms with E-state index in [0.717, 1.165) is 6.07 Å². The van der Waals surface area contributed by atoms with E-state index in [1.165, 1.54) is 12.1 Å². The molecule has 6 nitrogen and oxygen atoms in total. The van der Waals surface area contributed by atoms with Crippen molar-refractivity contribution in [3.05, 3.63) is 29.0 Å². The predicted octanol–water partition coefficient (Wildman–Crippen LogP) is 2.54. The van der Waals surface area contributed by atoms with Gasteiger partial charge in [0.2, 0.25) is 0 Å². The molecule has 126 valence electrons. The number of hydrogen-bond acceptors (Lipinski definition) is 3. The van der Waals surface area contributed by atoms with Gasteiger partial charge in [-0.2, -0.15) is 0 Å². The Balaban J connectivity index is 1.78. The fraction of sp³-hybridized carbons (Fsp3) is 0.467. The highest BCUT2D eigenvalue weighted by atomic mass is 35.5. The van der Waals surface area contributed by atoms with Crippen LogP contribution in [0.1, 0.15) is 19.8 Å². The average molecular weight is 344 g/mol. The van der Waals surface area contributed by atoms with Crippen LogP contribution in [0.2, 0.25) is 5.02 Å². The number of amides is 2. The van der Waals surface area contributed by atoms with Gasteiger partial charge in [-0.15, -0.1) is 0 Å². The Morgan fingerprint density at radius 3 is 2.65 bits per heavy atom. The number of benzene rings is 1. The minimum Gasteiger partial charge on any atom is -0.480 e. The molecule has 0 aliphatic heterocycles. The standard InChI is InChI=1S/C15H19ClFN3O3/c1-2-20(8-14(21)22)13-6-12(7-13)19-15(23)18-11-4-9(16)3-10(17)5-11/h3-5,12-13H,2,6-8H2,1H3,(H,21,22)(H2,18,19,23). The average Bonchev–Trinajstić information content (AvgIpc) is 2.38. The van der Waals surface area contributed by atoms with Crippen LogP contribution in [-0.2, 0) is 4.79 Å². The van der Waals surface area contributed by atoms with E-state index < -0.39 is 17.8 Å². The Morgan fingerprint density at radius 2 is 2.09 bits per heavy atom. The van der Waals surface area contributed by atoms with Gasteiger partial charge in [0.1, 0.15) is 5.82 Å². The van der Waals surface area contributed by atoms with Crippen LogP contribution in [0.15, 0.2) is 18.2 Å². The van der Waals surface area contributed by atoms with Gasteiger partial charge in [-0.05, 0) is 37.6 Å². The van der Waals surface area contributed by atoms with E-state index in [1.54, 1.807) is 0 Å². The maximum absolute atomic E-state index is 13.2. The summed E-state index contributed by atoms with van der Waals surface area (Å²) in [6, 6.07) is 3.50. The Bertz CT molecular complexity index is 573. The van der Waals surface area contributed by atoms with Crippen molar-refractivity contribution < 1.29 is 19.1 Å². The molecule has 1 fully saturated rings. The SMILES string of the molecule is CCN(CC(=O)O)C1CC(NC(=O)Nc2cc(F)cc(Cl)c2)C1. The third kappa shape index (κ3) is 5.07. The summed E-state index contributed by atoms with van der Waals surface area (Å²) in [6.45, 7) is 2.56. The summed E-state index contributed by atoms with van der Waals surface area (Å²) in [4.78, 5) is 24.5. The van der Waals surface area contributed by atoms with Gasteiger partial charge in [-0.25, -0.2) is 9.18 Å². The number of hydrogen-bond donors (Lipinski definition) is 3. The van der Waals surface area contributed by atoms with Crippen LogP contribution < -0.4 is 10.6 Å². The molecule has 0 spiro atoms. The Morgan fingerprint density at radius 1 is 1.39 bits per heavy atom. The topological polar surface area (TPSA) is 81.7 Å². The van der Waals surface area contributed by atoms with E-state index in [9.17, 15) is 14.0 Å². The number of aliphatic carboxylic acids is 1. The number of halogens is 2. The molecule has 2 amide bonds. The molecular formula is C15H19ClFN3O3. The molecule has 1 saturated carbocycles. The molecule has 0 saturated heterocycles. The lowest BCUT2D eigenvalue weighted by atomic mass is 9.85. The highest BCUT2D eigenvalue weighted by Gasteiger charge is 2.34. The van der Waals surface area contributed by atoms with Crippen LogP contribution in [0.5, 0.6) is 0 Å². The number of urea groups is 1. The molecule has 8 heteroatoms. The summed E-state index contributed by atoms with van der Waals surface area (Å²) >= 11 is 5.72. The summed E-state index contributed by atoms with van der Waals surface area (Å²) < 4.78 is 13.2. The molecular weight excluding hydrogens is 325 g/mol. The number of likely N-dealkylation sites (N-methyl/N-ethyl adjacent to an activating group) is 1. The Kier molecular flexibility index (Phi) is 5.79. The van der Waals surface area contributed by atoms with Crippen molar-refractivity contribution >= 4 is 29.3 Å². The maximum atomic E-state index is 13.2. The minimum atomic E-state index is -0.857. The number of carbonyl (C=O) groups excluding carboxylic acids is 1. The fourth-order valence-electron chi connectivity index (χ4n) is 2.66. The van der Waals surface area contributed by atoms with Crippen molar-refractivity contribution in [3.63, 3.8) is 0 Å². The first-order chi connectivity index (χ1) is 10.9. The number of carboxylic acid groups (broad SMARTS) is 1. The van der Waals surface area contributed by atoms with Gasteiger partial charge in [-0.3, -0.25) is 9.69 Å². The number of anilines is 1. The van der Waals surface area contributed by atoms with Crippen molar-refractivity contribution in [1.29, 1.82) is 0 Å². The summed E-state index contributed by atoms with van der Waals surface area (Å²) in [5.41, 5.74) is 0.282. The molecule has 1 aromatic rings. The zero-order valence-electron chi connectivity index (χ0n) is 12.7. The predicted molar refractivity (Wildman–Crippen MR) is 85.3 cm³/mol. The highest BCUT2D eigenvalue weighted by Crippen LogP contribution is 2.26. The Hall–Kier alpha value is -1.86. The van der Waals surface area contributed by atoms with E-state index in [1.807, 2.05) is 11.8 Å². The van der Waals surface area contributed by atoms with Crippen LogP contribution in [0.4, 0.5) is 14.9 Å². The van der Waals surface area contributed by atoms with Crippen LogP contribution in [0.25, 0.3) is 0 Å². The van der Waals surface area contributed by atoms with Crippen LogP contribution in [-0.4, -0.2) is 47.2 Å².